The first-order chi connectivity index (χ1) is 14.7. The third kappa shape index (κ3) is 4.01. The highest BCUT2D eigenvalue weighted by Crippen LogP contribution is 2.24. The Hall–Kier alpha value is -3.72. The Labute approximate surface area is 173 Å². The summed E-state index contributed by atoms with van der Waals surface area (Å²) in [6.07, 6.45) is 7.43. The average Bonchev–Trinajstić information content (AvgIpc) is 3.24. The van der Waals surface area contributed by atoms with Gasteiger partial charge in [0.1, 0.15) is 17.3 Å². The number of aryl methyl sites for hydroxylation is 1. The summed E-state index contributed by atoms with van der Waals surface area (Å²) in [5.74, 6) is 2.05. The van der Waals surface area contributed by atoms with Crippen molar-refractivity contribution in [2.45, 2.75) is 6.92 Å². The van der Waals surface area contributed by atoms with Crippen LogP contribution in [0.3, 0.4) is 0 Å². The summed E-state index contributed by atoms with van der Waals surface area (Å²) in [7, 11) is 0. The van der Waals surface area contributed by atoms with Crippen LogP contribution in [0.15, 0.2) is 55.1 Å². The van der Waals surface area contributed by atoms with E-state index in [2.05, 4.69) is 30.5 Å². The van der Waals surface area contributed by atoms with E-state index in [1.165, 1.54) is 0 Å². The molecule has 4 aromatic heterocycles. The zero-order valence-electron chi connectivity index (χ0n) is 16.6. The zero-order chi connectivity index (χ0) is 20.3. The molecule has 1 saturated heterocycles. The number of nitrogens with one attached hydrogen (secondary N) is 2. The molecule has 0 amide bonds. The normalized spacial score (nSPS) is 14.1. The van der Waals surface area contributed by atoms with E-state index >= 15 is 0 Å². The Bertz CT molecular complexity index is 1150. The molecule has 152 valence electrons. The van der Waals surface area contributed by atoms with Crippen LogP contribution in [-0.4, -0.2) is 50.6 Å². The van der Waals surface area contributed by atoms with Crippen molar-refractivity contribution in [3.8, 4) is 0 Å². The molecule has 0 bridgehead atoms. The lowest BCUT2D eigenvalue weighted by molar-refractivity contribution is 0.122. The molecule has 0 atom stereocenters. The van der Waals surface area contributed by atoms with Gasteiger partial charge in [-0.3, -0.25) is 4.98 Å². The number of rotatable bonds is 5. The van der Waals surface area contributed by atoms with Crippen molar-refractivity contribution in [1.29, 1.82) is 0 Å². The van der Waals surface area contributed by atoms with Crippen LogP contribution in [0, 0.1) is 6.92 Å². The van der Waals surface area contributed by atoms with Gasteiger partial charge in [-0.15, -0.1) is 0 Å². The average molecular weight is 402 g/mol. The first kappa shape index (κ1) is 18.3. The molecule has 1 aliphatic heterocycles. The highest BCUT2D eigenvalue weighted by molar-refractivity contribution is 5.66. The molecule has 0 radical (unpaired) electrons. The minimum Gasteiger partial charge on any atom is -0.378 e. The van der Waals surface area contributed by atoms with Crippen molar-refractivity contribution in [2.24, 2.45) is 0 Å². The molecule has 1 aliphatic rings. The predicted molar refractivity (Wildman–Crippen MR) is 116 cm³/mol. The summed E-state index contributed by atoms with van der Waals surface area (Å²) in [5, 5.41) is 6.65. The van der Waals surface area contributed by atoms with Crippen molar-refractivity contribution >= 4 is 34.6 Å². The number of aromatic nitrogens is 5. The van der Waals surface area contributed by atoms with Crippen molar-refractivity contribution in [3.63, 3.8) is 0 Å². The molecule has 9 nitrogen and oxygen atoms in total. The fraction of sp³-hybridized carbons (Fsp3) is 0.238. The van der Waals surface area contributed by atoms with Gasteiger partial charge in [-0.2, -0.15) is 9.97 Å². The Morgan fingerprint density at radius 1 is 0.933 bits per heavy atom. The number of pyridine rings is 2. The van der Waals surface area contributed by atoms with E-state index in [1.807, 2.05) is 54.0 Å². The van der Waals surface area contributed by atoms with Crippen LogP contribution >= 0.6 is 0 Å². The topological polar surface area (TPSA) is 92.5 Å². The maximum absolute atomic E-state index is 5.48. The number of ether oxygens (including phenoxy) is 1. The van der Waals surface area contributed by atoms with Gasteiger partial charge in [0.05, 0.1) is 25.1 Å². The fourth-order valence-corrected chi connectivity index (χ4v) is 3.32. The highest BCUT2D eigenvalue weighted by Gasteiger charge is 2.15. The van der Waals surface area contributed by atoms with Gasteiger partial charge in [-0.1, -0.05) is 0 Å². The first-order valence-corrected chi connectivity index (χ1v) is 9.84. The van der Waals surface area contributed by atoms with E-state index in [-0.39, 0.29) is 0 Å². The van der Waals surface area contributed by atoms with E-state index in [9.17, 15) is 0 Å². The lowest BCUT2D eigenvalue weighted by Crippen LogP contribution is -2.36. The largest absolute Gasteiger partial charge is 0.378 e. The second-order valence-electron chi connectivity index (χ2n) is 7.08. The molecule has 0 unspecified atom stereocenters. The number of fused-ring (bicyclic) bond motifs is 1. The summed E-state index contributed by atoms with van der Waals surface area (Å²) in [6.45, 7) is 4.92. The number of morpholine rings is 1. The van der Waals surface area contributed by atoms with E-state index in [1.54, 1.807) is 12.4 Å². The van der Waals surface area contributed by atoms with Gasteiger partial charge in [-0.25, -0.2) is 4.98 Å². The third-order valence-corrected chi connectivity index (χ3v) is 4.89. The van der Waals surface area contributed by atoms with Crippen LogP contribution in [-0.2, 0) is 4.74 Å². The van der Waals surface area contributed by atoms with Gasteiger partial charge in [0.2, 0.25) is 5.95 Å². The van der Waals surface area contributed by atoms with Crippen molar-refractivity contribution in [1.82, 2.24) is 24.3 Å². The minimum absolute atomic E-state index is 0.508. The second kappa shape index (κ2) is 7.96. The summed E-state index contributed by atoms with van der Waals surface area (Å²) >= 11 is 0. The van der Waals surface area contributed by atoms with E-state index in [0.717, 1.165) is 41.6 Å². The highest BCUT2D eigenvalue weighted by atomic mass is 16.5. The van der Waals surface area contributed by atoms with Gasteiger partial charge in [0, 0.05) is 55.2 Å². The third-order valence-electron chi connectivity index (χ3n) is 4.89. The first-order valence-electron chi connectivity index (χ1n) is 9.84. The van der Waals surface area contributed by atoms with Crippen LogP contribution in [0.25, 0.3) is 5.65 Å². The zero-order valence-corrected chi connectivity index (χ0v) is 16.6. The van der Waals surface area contributed by atoms with Gasteiger partial charge >= 0.3 is 0 Å². The molecular formula is C21H22N8O. The maximum Gasteiger partial charge on any atom is 0.231 e. The van der Waals surface area contributed by atoms with E-state index in [4.69, 9.17) is 9.72 Å². The van der Waals surface area contributed by atoms with Crippen LogP contribution in [0.5, 0.6) is 0 Å². The van der Waals surface area contributed by atoms with Crippen LogP contribution in [0.2, 0.25) is 0 Å². The molecule has 2 N–H and O–H groups in total. The quantitative estimate of drug-likeness (QED) is 0.526. The Morgan fingerprint density at radius 3 is 2.67 bits per heavy atom. The van der Waals surface area contributed by atoms with Crippen LogP contribution in [0.1, 0.15) is 5.69 Å². The molecule has 5 rings (SSSR count). The van der Waals surface area contributed by atoms with Gasteiger partial charge < -0.3 is 24.7 Å². The summed E-state index contributed by atoms with van der Waals surface area (Å²) in [6, 6.07) is 9.84. The number of hydrogen-bond acceptors (Lipinski definition) is 8. The van der Waals surface area contributed by atoms with E-state index < -0.39 is 0 Å². The predicted octanol–water partition coefficient (Wildman–Crippen LogP) is 3.15. The van der Waals surface area contributed by atoms with Gasteiger partial charge in [0.15, 0.2) is 0 Å². The Kier molecular flexibility index (Phi) is 4.86. The molecule has 30 heavy (non-hydrogen) atoms. The summed E-state index contributed by atoms with van der Waals surface area (Å²) in [4.78, 5) is 20.3. The van der Waals surface area contributed by atoms with Crippen LogP contribution in [0.4, 0.5) is 29.0 Å². The smallest absolute Gasteiger partial charge is 0.231 e. The Balaban J connectivity index is 1.46. The van der Waals surface area contributed by atoms with Crippen molar-refractivity contribution in [3.05, 3.63) is 60.8 Å². The number of nitrogens with zero attached hydrogens (tertiary/aromatic N) is 6. The maximum atomic E-state index is 5.48. The minimum atomic E-state index is 0.508. The molecule has 5 heterocycles. The number of anilines is 5. The summed E-state index contributed by atoms with van der Waals surface area (Å²) in [5.41, 5.74) is 3.57. The summed E-state index contributed by atoms with van der Waals surface area (Å²) < 4.78 is 7.44. The lowest BCUT2D eigenvalue weighted by Gasteiger charge is -2.28. The Morgan fingerprint density at radius 2 is 1.83 bits per heavy atom. The molecule has 1 fully saturated rings. The number of imidazole rings is 1. The van der Waals surface area contributed by atoms with Gasteiger partial charge in [0.25, 0.3) is 0 Å². The van der Waals surface area contributed by atoms with Crippen molar-refractivity contribution < 1.29 is 4.74 Å². The van der Waals surface area contributed by atoms with E-state index in [0.29, 0.717) is 25.0 Å². The van der Waals surface area contributed by atoms with Crippen molar-refractivity contribution in [2.75, 3.05) is 41.8 Å². The standard InChI is InChI=1S/C21H22N8O/c1-15-2-3-17(14-23-15)25-21-26-18(13-20(27-21)29-8-10-30-11-9-29)24-16-4-6-28-7-5-22-19(28)12-16/h2-7,12-14H,8-11H2,1H3,(H2,24,25,26,27). The van der Waals surface area contributed by atoms with Crippen LogP contribution < -0.4 is 15.5 Å². The lowest BCUT2D eigenvalue weighted by atomic mass is 10.3. The SMILES string of the molecule is Cc1ccc(Nc2nc(Nc3ccn4ccnc4c3)cc(N3CCOCC3)n2)cn1. The second-order valence-corrected chi connectivity index (χ2v) is 7.08. The monoisotopic (exact) mass is 402 g/mol. The molecule has 0 spiro atoms. The molecule has 0 aromatic carbocycles. The number of hydrogen-bond donors (Lipinski definition) is 2. The molecule has 0 aliphatic carbocycles. The molecule has 9 heteroatoms. The molecule has 4 aromatic rings. The fourth-order valence-electron chi connectivity index (χ4n) is 3.32. The van der Waals surface area contributed by atoms with Gasteiger partial charge in [-0.05, 0) is 25.1 Å². The molecular weight excluding hydrogens is 380 g/mol. The molecule has 0 saturated carbocycles.